The van der Waals surface area contributed by atoms with Crippen molar-refractivity contribution in [2.45, 2.75) is 44.2 Å². The van der Waals surface area contributed by atoms with Gasteiger partial charge in [0.15, 0.2) is 0 Å². The molecule has 3 atom stereocenters. The van der Waals surface area contributed by atoms with Gasteiger partial charge in [0, 0.05) is 18.6 Å². The largest absolute Gasteiger partial charge is 0.330 e. The van der Waals surface area contributed by atoms with E-state index in [4.69, 9.17) is 5.73 Å². The first-order valence-corrected chi connectivity index (χ1v) is 5.84. The van der Waals surface area contributed by atoms with Crippen LogP contribution in [0.1, 0.15) is 32.1 Å². The van der Waals surface area contributed by atoms with E-state index in [9.17, 15) is 0 Å². The summed E-state index contributed by atoms with van der Waals surface area (Å²) in [5, 5.41) is 0. The van der Waals surface area contributed by atoms with Gasteiger partial charge in [0.05, 0.1) is 0 Å². The highest BCUT2D eigenvalue weighted by molar-refractivity contribution is 4.99. The molecule has 0 spiro atoms. The molecule has 3 rings (SSSR count). The second-order valence-corrected chi connectivity index (χ2v) is 5.15. The molecule has 0 aromatic carbocycles. The van der Waals surface area contributed by atoms with E-state index < -0.39 is 0 Å². The molecule has 0 aromatic heterocycles. The molecule has 1 heterocycles. The molecule has 2 N–H and O–H groups in total. The molecular weight excluding hydrogens is 160 g/mol. The third-order valence-electron chi connectivity index (χ3n) is 4.35. The molecule has 2 heteroatoms. The minimum absolute atomic E-state index is 0.847. The van der Waals surface area contributed by atoms with Crippen molar-refractivity contribution < 1.29 is 0 Å². The number of hydrogen-bond donors (Lipinski definition) is 1. The van der Waals surface area contributed by atoms with E-state index in [1.54, 1.807) is 0 Å². The molecule has 1 aliphatic heterocycles. The normalized spacial score (nSPS) is 45.5. The van der Waals surface area contributed by atoms with Gasteiger partial charge >= 0.3 is 0 Å². The Morgan fingerprint density at radius 3 is 2.54 bits per heavy atom. The summed E-state index contributed by atoms with van der Waals surface area (Å²) in [6.07, 6.45) is 7.22. The van der Waals surface area contributed by atoms with Crippen molar-refractivity contribution in [2.24, 2.45) is 17.6 Å². The zero-order valence-electron chi connectivity index (χ0n) is 8.28. The zero-order chi connectivity index (χ0) is 8.84. The summed E-state index contributed by atoms with van der Waals surface area (Å²) in [6.45, 7) is 2.30. The Morgan fingerprint density at radius 1 is 1.08 bits per heavy atom. The third kappa shape index (κ3) is 1.31. The lowest BCUT2D eigenvalue weighted by atomic mass is 9.80. The molecule has 3 aliphatic rings. The van der Waals surface area contributed by atoms with Crippen LogP contribution >= 0.6 is 0 Å². The predicted molar refractivity (Wildman–Crippen MR) is 53.4 cm³/mol. The predicted octanol–water partition coefficient (Wildman–Crippen LogP) is 1.21. The summed E-state index contributed by atoms with van der Waals surface area (Å²) in [4.78, 5) is 2.79. The highest BCUT2D eigenvalue weighted by atomic mass is 15.2. The van der Waals surface area contributed by atoms with Crippen LogP contribution in [0.15, 0.2) is 0 Å². The molecule has 0 radical (unpaired) electrons. The van der Waals surface area contributed by atoms with Gasteiger partial charge in [-0.1, -0.05) is 0 Å². The highest BCUT2D eigenvalue weighted by Crippen LogP contribution is 2.43. The van der Waals surface area contributed by atoms with Gasteiger partial charge in [-0.3, -0.25) is 4.90 Å². The van der Waals surface area contributed by atoms with Crippen molar-refractivity contribution in [3.05, 3.63) is 0 Å². The highest BCUT2D eigenvalue weighted by Gasteiger charge is 2.45. The minimum Gasteiger partial charge on any atom is -0.330 e. The number of nitrogens with zero attached hydrogens (tertiary/aromatic N) is 1. The van der Waals surface area contributed by atoms with Crippen LogP contribution < -0.4 is 5.73 Å². The van der Waals surface area contributed by atoms with E-state index in [1.165, 1.54) is 38.6 Å². The van der Waals surface area contributed by atoms with Crippen LogP contribution in [0.25, 0.3) is 0 Å². The van der Waals surface area contributed by atoms with Gasteiger partial charge in [0.2, 0.25) is 0 Å². The summed E-state index contributed by atoms with van der Waals surface area (Å²) in [6, 6.07) is 1.92. The van der Waals surface area contributed by atoms with Crippen molar-refractivity contribution in [2.75, 3.05) is 13.1 Å². The molecule has 2 saturated carbocycles. The maximum Gasteiger partial charge on any atom is 0.0102 e. The molecule has 0 amide bonds. The smallest absolute Gasteiger partial charge is 0.0102 e. The topological polar surface area (TPSA) is 29.3 Å². The Hall–Kier alpha value is -0.0800. The Bertz CT molecular complexity index is 200. The molecule has 0 aromatic rings. The fourth-order valence-corrected chi connectivity index (χ4v) is 3.41. The molecule has 3 unspecified atom stereocenters. The summed E-state index contributed by atoms with van der Waals surface area (Å²) in [5.41, 5.74) is 5.81. The lowest BCUT2D eigenvalue weighted by molar-refractivity contribution is 0.228. The van der Waals surface area contributed by atoms with E-state index in [0.717, 1.165) is 30.5 Å². The summed E-state index contributed by atoms with van der Waals surface area (Å²) in [7, 11) is 0. The van der Waals surface area contributed by atoms with Crippen molar-refractivity contribution in [1.82, 2.24) is 4.90 Å². The lowest BCUT2D eigenvalue weighted by Gasteiger charge is -2.27. The molecule has 74 valence electrons. The zero-order valence-corrected chi connectivity index (χ0v) is 8.28. The standard InChI is InChI=1S/C11H20N2/c12-6-8-1-2-11-5-9(8)7-13(11)10-3-4-10/h8-11H,1-7,12H2. The van der Waals surface area contributed by atoms with Crippen LogP contribution in [0.2, 0.25) is 0 Å². The van der Waals surface area contributed by atoms with E-state index in [-0.39, 0.29) is 0 Å². The Balaban J connectivity index is 1.71. The average molecular weight is 180 g/mol. The maximum atomic E-state index is 5.81. The Morgan fingerprint density at radius 2 is 1.85 bits per heavy atom. The second kappa shape index (κ2) is 2.96. The number of rotatable bonds is 2. The van der Waals surface area contributed by atoms with E-state index in [0.29, 0.717) is 0 Å². The first kappa shape index (κ1) is 8.25. The Labute approximate surface area is 80.5 Å². The van der Waals surface area contributed by atoms with Gasteiger partial charge in [-0.05, 0) is 50.5 Å². The van der Waals surface area contributed by atoms with Gasteiger partial charge in [0.1, 0.15) is 0 Å². The van der Waals surface area contributed by atoms with Crippen molar-refractivity contribution in [1.29, 1.82) is 0 Å². The van der Waals surface area contributed by atoms with Crippen LogP contribution in [0.3, 0.4) is 0 Å². The van der Waals surface area contributed by atoms with Gasteiger partial charge in [-0.25, -0.2) is 0 Å². The SMILES string of the molecule is NCC1CCC2CC1CN2C1CC1. The van der Waals surface area contributed by atoms with Crippen molar-refractivity contribution >= 4 is 0 Å². The van der Waals surface area contributed by atoms with Gasteiger partial charge in [-0.2, -0.15) is 0 Å². The first-order valence-electron chi connectivity index (χ1n) is 5.84. The van der Waals surface area contributed by atoms with Crippen molar-refractivity contribution in [3.8, 4) is 0 Å². The number of nitrogens with two attached hydrogens (primary N) is 1. The second-order valence-electron chi connectivity index (χ2n) is 5.15. The van der Waals surface area contributed by atoms with Crippen LogP contribution in [-0.4, -0.2) is 30.1 Å². The fraction of sp³-hybridized carbons (Fsp3) is 1.00. The molecule has 2 nitrogen and oxygen atoms in total. The lowest BCUT2D eigenvalue weighted by Crippen LogP contribution is -2.31. The molecule has 2 aliphatic carbocycles. The molecule has 1 saturated heterocycles. The third-order valence-corrected chi connectivity index (χ3v) is 4.35. The average Bonchev–Trinajstić information content (AvgIpc) is 2.94. The van der Waals surface area contributed by atoms with Crippen LogP contribution in [0.5, 0.6) is 0 Å². The van der Waals surface area contributed by atoms with Gasteiger partial charge in [-0.15, -0.1) is 0 Å². The minimum atomic E-state index is 0.847. The number of fused-ring (bicyclic) bond motifs is 2. The molecule has 3 fully saturated rings. The maximum absolute atomic E-state index is 5.81. The molecule has 13 heavy (non-hydrogen) atoms. The fourth-order valence-electron chi connectivity index (χ4n) is 3.41. The van der Waals surface area contributed by atoms with Gasteiger partial charge in [0.25, 0.3) is 0 Å². The number of hydrogen-bond acceptors (Lipinski definition) is 2. The quantitative estimate of drug-likeness (QED) is 0.692. The van der Waals surface area contributed by atoms with E-state index >= 15 is 0 Å². The molecule has 2 bridgehead atoms. The summed E-state index contributed by atoms with van der Waals surface area (Å²) in [5.74, 6) is 1.80. The number of likely N-dealkylation sites (tertiary alicyclic amines) is 1. The van der Waals surface area contributed by atoms with Crippen LogP contribution in [0.4, 0.5) is 0 Å². The first-order chi connectivity index (χ1) is 6.38. The van der Waals surface area contributed by atoms with E-state index in [1.807, 2.05) is 0 Å². The Kier molecular flexibility index (Phi) is 1.88. The summed E-state index contributed by atoms with van der Waals surface area (Å²) >= 11 is 0. The molecular formula is C11H20N2. The van der Waals surface area contributed by atoms with Gasteiger partial charge < -0.3 is 5.73 Å². The van der Waals surface area contributed by atoms with Crippen LogP contribution in [0, 0.1) is 11.8 Å². The summed E-state index contributed by atoms with van der Waals surface area (Å²) < 4.78 is 0. The van der Waals surface area contributed by atoms with Crippen molar-refractivity contribution in [3.63, 3.8) is 0 Å². The van der Waals surface area contributed by atoms with Crippen LogP contribution in [-0.2, 0) is 0 Å². The van der Waals surface area contributed by atoms with E-state index in [2.05, 4.69) is 4.90 Å². The monoisotopic (exact) mass is 180 g/mol.